The van der Waals surface area contributed by atoms with Gasteiger partial charge in [0.05, 0.1) is 6.10 Å². The van der Waals surface area contributed by atoms with Gasteiger partial charge in [0.15, 0.2) is 5.96 Å². The van der Waals surface area contributed by atoms with Crippen LogP contribution >= 0.6 is 11.8 Å². The zero-order valence-electron chi connectivity index (χ0n) is 13.8. The molecule has 0 heterocycles. The number of thioether (sulfide) groups is 1. The summed E-state index contributed by atoms with van der Waals surface area (Å²) in [6, 6.07) is 0.543. The van der Waals surface area contributed by atoms with Crippen molar-refractivity contribution < 1.29 is 4.74 Å². The fraction of sp³-hybridized carbons (Fsp3) is 0.938. The Kier molecular flexibility index (Phi) is 6.68. The minimum absolute atomic E-state index is 0.394. The summed E-state index contributed by atoms with van der Waals surface area (Å²) in [6.45, 7) is 6.89. The highest BCUT2D eigenvalue weighted by molar-refractivity contribution is 7.98. The normalized spacial score (nSPS) is 27.1. The molecule has 2 unspecified atom stereocenters. The van der Waals surface area contributed by atoms with E-state index in [0.29, 0.717) is 17.6 Å². The quantitative estimate of drug-likeness (QED) is 0.411. The van der Waals surface area contributed by atoms with E-state index < -0.39 is 0 Å². The monoisotopic (exact) mass is 313 g/mol. The zero-order valence-corrected chi connectivity index (χ0v) is 14.6. The summed E-state index contributed by atoms with van der Waals surface area (Å²) in [5.74, 6) is 2.17. The summed E-state index contributed by atoms with van der Waals surface area (Å²) < 4.78 is 5.92. The molecule has 2 saturated carbocycles. The molecule has 0 bridgehead atoms. The van der Waals surface area contributed by atoms with Gasteiger partial charge in [-0.2, -0.15) is 11.8 Å². The first kappa shape index (κ1) is 16.9. The van der Waals surface area contributed by atoms with Crippen LogP contribution in [0, 0.1) is 5.41 Å². The molecule has 21 heavy (non-hydrogen) atoms. The van der Waals surface area contributed by atoms with Crippen LogP contribution in [0.15, 0.2) is 4.99 Å². The maximum Gasteiger partial charge on any atom is 0.191 e. The number of nitrogens with one attached hydrogen (secondary N) is 2. The van der Waals surface area contributed by atoms with Crippen LogP contribution in [0.4, 0.5) is 0 Å². The van der Waals surface area contributed by atoms with Crippen molar-refractivity contribution in [2.75, 3.05) is 31.7 Å². The van der Waals surface area contributed by atoms with Gasteiger partial charge in [-0.05, 0) is 51.5 Å². The fourth-order valence-corrected chi connectivity index (χ4v) is 3.94. The van der Waals surface area contributed by atoms with E-state index in [0.717, 1.165) is 38.5 Å². The van der Waals surface area contributed by atoms with Gasteiger partial charge in [-0.25, -0.2) is 0 Å². The van der Waals surface area contributed by atoms with E-state index in [1.807, 2.05) is 11.8 Å². The maximum absolute atomic E-state index is 5.92. The van der Waals surface area contributed by atoms with Crippen molar-refractivity contribution in [2.24, 2.45) is 10.4 Å². The lowest BCUT2D eigenvalue weighted by Crippen LogP contribution is -2.68. The minimum atomic E-state index is 0.394. The topological polar surface area (TPSA) is 45.7 Å². The van der Waals surface area contributed by atoms with E-state index in [2.05, 4.69) is 30.7 Å². The summed E-state index contributed by atoms with van der Waals surface area (Å²) in [4.78, 5) is 4.71. The van der Waals surface area contributed by atoms with Gasteiger partial charge in [0.2, 0.25) is 0 Å². The lowest BCUT2D eigenvalue weighted by atomic mass is 9.51. The Hall–Kier alpha value is -0.420. The van der Waals surface area contributed by atoms with Crippen LogP contribution in [0.1, 0.15) is 46.0 Å². The first-order valence-electron chi connectivity index (χ1n) is 8.42. The third kappa shape index (κ3) is 3.86. The molecule has 0 amide bonds. The molecule has 0 aromatic carbocycles. The largest absolute Gasteiger partial charge is 0.378 e. The van der Waals surface area contributed by atoms with Crippen LogP contribution in [0.5, 0.6) is 0 Å². The fourth-order valence-electron chi connectivity index (χ4n) is 3.53. The second-order valence-electron chi connectivity index (χ2n) is 6.07. The van der Waals surface area contributed by atoms with Crippen LogP contribution in [0.25, 0.3) is 0 Å². The molecule has 2 atom stereocenters. The Labute approximate surface area is 133 Å². The maximum atomic E-state index is 5.92. The van der Waals surface area contributed by atoms with Gasteiger partial charge in [-0.3, -0.25) is 4.99 Å². The Morgan fingerprint density at radius 2 is 2.19 bits per heavy atom. The lowest BCUT2D eigenvalue weighted by Gasteiger charge is -2.61. The Morgan fingerprint density at radius 1 is 1.38 bits per heavy atom. The average molecular weight is 314 g/mol. The number of hydrogen-bond donors (Lipinski definition) is 2. The van der Waals surface area contributed by atoms with Crippen LogP contribution in [0.2, 0.25) is 0 Å². The van der Waals surface area contributed by atoms with Crippen molar-refractivity contribution in [2.45, 2.75) is 58.1 Å². The molecule has 2 rings (SSSR count). The predicted octanol–water partition coefficient (Wildman–Crippen LogP) is 2.64. The number of nitrogens with zero attached hydrogens (tertiary/aromatic N) is 1. The second-order valence-corrected chi connectivity index (χ2v) is 7.06. The summed E-state index contributed by atoms with van der Waals surface area (Å²) in [7, 11) is 0. The molecule has 2 fully saturated rings. The molecule has 0 aromatic heterocycles. The predicted molar refractivity (Wildman–Crippen MR) is 92.2 cm³/mol. The van der Waals surface area contributed by atoms with Gasteiger partial charge in [0, 0.05) is 31.2 Å². The molecule has 0 radical (unpaired) electrons. The van der Waals surface area contributed by atoms with Crippen molar-refractivity contribution in [3.05, 3.63) is 0 Å². The summed E-state index contributed by atoms with van der Waals surface area (Å²) >= 11 is 1.89. The summed E-state index contributed by atoms with van der Waals surface area (Å²) in [6.07, 6.45) is 8.85. The van der Waals surface area contributed by atoms with Crippen molar-refractivity contribution >= 4 is 17.7 Å². The second kappa shape index (κ2) is 8.28. The van der Waals surface area contributed by atoms with E-state index in [-0.39, 0.29) is 0 Å². The van der Waals surface area contributed by atoms with Crippen molar-refractivity contribution in [3.8, 4) is 0 Å². The van der Waals surface area contributed by atoms with E-state index in [1.54, 1.807) is 0 Å². The number of hydrogen-bond acceptors (Lipinski definition) is 3. The molecule has 5 heteroatoms. The highest BCUT2D eigenvalue weighted by Crippen LogP contribution is 2.57. The van der Waals surface area contributed by atoms with Gasteiger partial charge in [-0.1, -0.05) is 6.42 Å². The molecule has 1 spiro atoms. The molecule has 0 aliphatic heterocycles. The van der Waals surface area contributed by atoms with Gasteiger partial charge in [0.1, 0.15) is 0 Å². The molecule has 0 saturated heterocycles. The third-order valence-electron chi connectivity index (χ3n) is 4.87. The van der Waals surface area contributed by atoms with E-state index in [1.165, 1.54) is 25.0 Å². The first-order chi connectivity index (χ1) is 10.3. The molecule has 4 nitrogen and oxygen atoms in total. The Bertz CT molecular complexity index is 344. The lowest BCUT2D eigenvalue weighted by molar-refractivity contribution is -0.168. The number of guanidine groups is 1. The molecule has 0 aromatic rings. The van der Waals surface area contributed by atoms with Crippen LogP contribution in [-0.2, 0) is 4.74 Å². The van der Waals surface area contributed by atoms with Crippen molar-refractivity contribution in [3.63, 3.8) is 0 Å². The minimum Gasteiger partial charge on any atom is -0.378 e. The highest BCUT2D eigenvalue weighted by atomic mass is 32.2. The van der Waals surface area contributed by atoms with Crippen molar-refractivity contribution in [1.82, 2.24) is 10.6 Å². The Morgan fingerprint density at radius 3 is 2.76 bits per heavy atom. The Balaban J connectivity index is 1.85. The van der Waals surface area contributed by atoms with Gasteiger partial charge in [-0.15, -0.1) is 0 Å². The van der Waals surface area contributed by atoms with Crippen molar-refractivity contribution in [1.29, 1.82) is 0 Å². The van der Waals surface area contributed by atoms with Gasteiger partial charge < -0.3 is 15.4 Å². The summed E-state index contributed by atoms with van der Waals surface area (Å²) in [5.41, 5.74) is 0.394. The van der Waals surface area contributed by atoms with E-state index >= 15 is 0 Å². The van der Waals surface area contributed by atoms with Crippen LogP contribution in [0.3, 0.4) is 0 Å². The summed E-state index contributed by atoms with van der Waals surface area (Å²) in [5, 5.41) is 7.05. The molecule has 2 N–H and O–H groups in total. The van der Waals surface area contributed by atoms with E-state index in [9.17, 15) is 0 Å². The van der Waals surface area contributed by atoms with Crippen LogP contribution in [-0.4, -0.2) is 49.8 Å². The molecule has 2 aliphatic carbocycles. The van der Waals surface area contributed by atoms with Gasteiger partial charge in [0.25, 0.3) is 0 Å². The molecule has 122 valence electrons. The number of ether oxygens (including phenoxy) is 1. The van der Waals surface area contributed by atoms with Gasteiger partial charge >= 0.3 is 0 Å². The zero-order chi connectivity index (χ0) is 15.1. The first-order valence-corrected chi connectivity index (χ1v) is 9.81. The number of rotatable bonds is 8. The standard InChI is InChI=1S/C16H31N3OS/c1-4-17-15(18-10-7-11-21-3)19-13-12-14(20-5-2)16(13)8-6-9-16/h13-14H,4-12H2,1-3H3,(H2,17,18,19). The third-order valence-corrected chi connectivity index (χ3v) is 5.57. The average Bonchev–Trinajstić information content (AvgIpc) is 2.40. The molecular formula is C16H31N3OS. The highest BCUT2D eigenvalue weighted by Gasteiger charge is 2.59. The molecular weight excluding hydrogens is 282 g/mol. The van der Waals surface area contributed by atoms with E-state index in [4.69, 9.17) is 9.73 Å². The smallest absolute Gasteiger partial charge is 0.191 e. The van der Waals surface area contributed by atoms with Crippen LogP contribution < -0.4 is 10.6 Å². The number of aliphatic imine (C=N–C) groups is 1. The SMILES string of the molecule is CCNC(=NCCCSC)NC1CC(OCC)C12CCC2. The molecule has 2 aliphatic rings.